The SMILES string of the molecule is CC(C)(C)c1ccc2c(c1)B1c3cc(C(C)(C)C)cc4c3N3B(c5cc(C(C)(C)C)ccc5-c5ccc(c1c53)O2)c1ccc2c(sc3c5ccccc5ccc23)c1-4. The maximum Gasteiger partial charge on any atom is 0.329 e. The minimum absolute atomic E-state index is 0.00347. The molecule has 0 saturated carbocycles. The lowest BCUT2D eigenvalue weighted by Crippen LogP contribution is -2.68. The van der Waals surface area contributed by atoms with Gasteiger partial charge in [-0.15, -0.1) is 11.3 Å². The van der Waals surface area contributed by atoms with Crippen LogP contribution >= 0.6 is 11.3 Å². The van der Waals surface area contributed by atoms with Crippen LogP contribution in [-0.4, -0.2) is 13.6 Å². The van der Waals surface area contributed by atoms with Crippen molar-refractivity contribution in [1.82, 2.24) is 0 Å². The summed E-state index contributed by atoms with van der Waals surface area (Å²) in [6, 6.07) is 42.5. The summed E-state index contributed by atoms with van der Waals surface area (Å²) in [5, 5.41) is 5.34. The van der Waals surface area contributed by atoms with E-state index in [0.29, 0.717) is 0 Å². The van der Waals surface area contributed by atoms with Gasteiger partial charge in [-0.25, -0.2) is 0 Å². The second-order valence-electron chi connectivity index (χ2n) is 20.1. The quantitative estimate of drug-likeness (QED) is 0.143. The Hall–Kier alpha value is -5.25. The van der Waals surface area contributed by atoms with Crippen LogP contribution in [0.4, 0.5) is 11.4 Å². The number of anilines is 2. The van der Waals surface area contributed by atoms with Crippen LogP contribution < -0.4 is 36.9 Å². The van der Waals surface area contributed by atoms with E-state index in [1.807, 2.05) is 11.3 Å². The summed E-state index contributed by atoms with van der Waals surface area (Å²) in [5.74, 6) is 1.95. The van der Waals surface area contributed by atoms with E-state index in [9.17, 15) is 0 Å². The van der Waals surface area contributed by atoms with E-state index in [0.717, 1.165) is 11.5 Å². The van der Waals surface area contributed by atoms with Crippen molar-refractivity contribution in [2.45, 2.75) is 78.6 Å². The fourth-order valence-electron chi connectivity index (χ4n) is 10.5. The first-order valence-corrected chi connectivity index (χ1v) is 21.5. The highest BCUT2D eigenvalue weighted by Crippen LogP contribution is 2.53. The summed E-state index contributed by atoms with van der Waals surface area (Å²) in [6.07, 6.45) is 0. The molecule has 0 radical (unpaired) electrons. The predicted octanol–water partition coefficient (Wildman–Crippen LogP) is 10.9. The van der Waals surface area contributed by atoms with Crippen molar-refractivity contribution in [2.75, 3.05) is 4.81 Å². The second-order valence-corrected chi connectivity index (χ2v) is 21.1. The Kier molecular flexibility index (Phi) is 6.42. The third-order valence-corrected chi connectivity index (χ3v) is 14.8. The van der Waals surface area contributed by atoms with Crippen LogP contribution in [0.1, 0.15) is 79.0 Å². The maximum absolute atomic E-state index is 6.98. The van der Waals surface area contributed by atoms with Crippen LogP contribution in [-0.2, 0) is 16.2 Å². The third-order valence-electron chi connectivity index (χ3n) is 13.6. The normalized spacial score (nSPS) is 14.8. The zero-order chi connectivity index (χ0) is 39.1. The standard InChI is InChI=1S/C52H45B2NOS/c1-50(2,3)29-15-18-33-34-20-23-43-45-47(34)55-46-37(24-31(52(7,8)9)27-41(46)53(45)40-26-30(51(4,5)6)16-22-42(40)56-43)44-38(54(55)39(33)25-29)21-19-36-35-17-14-28-12-10-11-13-32(28)48(35)57-49(36)44/h10-27H,1-9H3. The number of hydrogen-bond acceptors (Lipinski definition) is 3. The van der Waals surface area contributed by atoms with E-state index in [2.05, 4.69) is 176 Å². The van der Waals surface area contributed by atoms with Crippen LogP contribution in [0.3, 0.4) is 0 Å². The second kappa shape index (κ2) is 10.8. The van der Waals surface area contributed by atoms with Crippen molar-refractivity contribution in [3.05, 3.63) is 126 Å². The molecule has 0 N–H and O–H groups in total. The van der Waals surface area contributed by atoms with Gasteiger partial charge in [0.15, 0.2) is 0 Å². The monoisotopic (exact) mass is 753 g/mol. The molecule has 0 unspecified atom stereocenters. The van der Waals surface area contributed by atoms with Gasteiger partial charge >= 0.3 is 6.85 Å². The average molecular weight is 754 g/mol. The largest absolute Gasteiger partial charge is 0.458 e. The van der Waals surface area contributed by atoms with Crippen molar-refractivity contribution in [3.63, 3.8) is 0 Å². The van der Waals surface area contributed by atoms with Gasteiger partial charge in [-0.2, -0.15) is 0 Å². The molecule has 0 atom stereocenters. The lowest BCUT2D eigenvalue weighted by atomic mass is 9.31. The first kappa shape index (κ1) is 33.8. The summed E-state index contributed by atoms with van der Waals surface area (Å²) in [5.41, 5.74) is 18.9. The third kappa shape index (κ3) is 4.44. The Bertz CT molecular complexity index is 3130. The van der Waals surface area contributed by atoms with Gasteiger partial charge in [-0.05, 0) is 106 Å². The van der Waals surface area contributed by atoms with Gasteiger partial charge in [0.05, 0.1) is 0 Å². The van der Waals surface area contributed by atoms with E-state index in [1.165, 1.54) is 109 Å². The smallest absolute Gasteiger partial charge is 0.329 e. The topological polar surface area (TPSA) is 12.5 Å². The molecule has 12 rings (SSSR count). The number of fused-ring (bicyclic) bond motifs is 15. The Labute approximate surface area is 340 Å². The molecule has 0 bridgehead atoms. The predicted molar refractivity (Wildman–Crippen MR) is 249 cm³/mol. The number of benzene rings is 7. The first-order valence-electron chi connectivity index (χ1n) is 20.7. The van der Waals surface area contributed by atoms with Crippen LogP contribution in [0.2, 0.25) is 0 Å². The number of nitrogens with zero attached hydrogens (tertiary/aromatic N) is 1. The molecular weight excluding hydrogens is 708 g/mol. The van der Waals surface area contributed by atoms with Gasteiger partial charge in [0.1, 0.15) is 11.5 Å². The fourth-order valence-corrected chi connectivity index (χ4v) is 11.9. The molecule has 0 saturated heterocycles. The fraction of sp³-hybridized carbons (Fsp3) is 0.231. The lowest BCUT2D eigenvalue weighted by Gasteiger charge is -2.50. The van der Waals surface area contributed by atoms with Gasteiger partial charge in [0, 0.05) is 42.7 Å². The summed E-state index contributed by atoms with van der Waals surface area (Å²) in [6.45, 7) is 21.2. The van der Waals surface area contributed by atoms with E-state index in [1.54, 1.807) is 0 Å². The molecule has 1 aromatic heterocycles. The molecule has 8 aromatic rings. The van der Waals surface area contributed by atoms with E-state index in [4.69, 9.17) is 4.74 Å². The highest BCUT2D eigenvalue weighted by molar-refractivity contribution is 7.27. The molecule has 0 spiro atoms. The molecule has 5 heteroatoms. The molecular formula is C52H45B2NOS. The Morgan fingerprint density at radius 2 is 1.14 bits per heavy atom. The molecule has 0 aliphatic carbocycles. The van der Waals surface area contributed by atoms with Crippen molar-refractivity contribution < 1.29 is 4.74 Å². The first-order chi connectivity index (χ1) is 27.2. The highest BCUT2D eigenvalue weighted by atomic mass is 32.1. The van der Waals surface area contributed by atoms with Crippen molar-refractivity contribution in [3.8, 4) is 33.8 Å². The van der Waals surface area contributed by atoms with Crippen molar-refractivity contribution in [2.24, 2.45) is 0 Å². The molecule has 4 aliphatic rings. The van der Waals surface area contributed by atoms with Crippen molar-refractivity contribution in [1.29, 1.82) is 0 Å². The molecule has 0 amide bonds. The molecule has 57 heavy (non-hydrogen) atoms. The Morgan fingerprint density at radius 3 is 1.91 bits per heavy atom. The highest BCUT2D eigenvalue weighted by Gasteiger charge is 2.52. The van der Waals surface area contributed by atoms with Crippen LogP contribution in [0.5, 0.6) is 11.5 Å². The van der Waals surface area contributed by atoms with Crippen LogP contribution in [0, 0.1) is 0 Å². The summed E-state index contributed by atoms with van der Waals surface area (Å²) in [7, 11) is 0. The Morgan fingerprint density at radius 1 is 0.491 bits per heavy atom. The van der Waals surface area contributed by atoms with Crippen LogP contribution in [0.15, 0.2) is 109 Å². The summed E-state index contributed by atoms with van der Waals surface area (Å²) < 4.78 is 9.76. The molecule has 4 aliphatic heterocycles. The van der Waals surface area contributed by atoms with Crippen LogP contribution in [0.25, 0.3) is 53.2 Å². The molecule has 0 fully saturated rings. The van der Waals surface area contributed by atoms with Gasteiger partial charge in [0.25, 0.3) is 6.71 Å². The molecule has 2 nitrogen and oxygen atoms in total. The van der Waals surface area contributed by atoms with E-state index in [-0.39, 0.29) is 29.8 Å². The average Bonchev–Trinajstić information content (AvgIpc) is 3.57. The maximum atomic E-state index is 6.98. The minimum atomic E-state index is -0.0604. The summed E-state index contributed by atoms with van der Waals surface area (Å²) >= 11 is 1.99. The number of hydrogen-bond donors (Lipinski definition) is 0. The number of thiophene rings is 1. The van der Waals surface area contributed by atoms with Crippen molar-refractivity contribution >= 4 is 94.5 Å². The zero-order valence-electron chi connectivity index (χ0n) is 34.3. The molecule has 5 heterocycles. The minimum Gasteiger partial charge on any atom is -0.458 e. The van der Waals surface area contributed by atoms with Gasteiger partial charge < -0.3 is 9.55 Å². The summed E-state index contributed by atoms with van der Waals surface area (Å²) in [4.78, 5) is 2.76. The van der Waals surface area contributed by atoms with E-state index >= 15 is 0 Å². The number of rotatable bonds is 0. The van der Waals surface area contributed by atoms with Gasteiger partial charge in [0.2, 0.25) is 0 Å². The van der Waals surface area contributed by atoms with Gasteiger partial charge in [-0.3, -0.25) is 0 Å². The Balaban J connectivity index is 1.28. The van der Waals surface area contributed by atoms with E-state index < -0.39 is 0 Å². The van der Waals surface area contributed by atoms with Gasteiger partial charge in [-0.1, -0.05) is 147 Å². The molecule has 7 aromatic carbocycles. The number of ether oxygens (including phenoxy) is 1. The molecule has 276 valence electrons. The lowest BCUT2D eigenvalue weighted by molar-refractivity contribution is 0.486. The zero-order valence-corrected chi connectivity index (χ0v) is 35.1.